The molecule has 0 spiro atoms. The highest BCUT2D eigenvalue weighted by Crippen LogP contribution is 2.32. The quantitative estimate of drug-likeness (QED) is 0.800. The first-order valence-electron chi connectivity index (χ1n) is 9.93. The van der Waals surface area contributed by atoms with Gasteiger partial charge in [0.1, 0.15) is 5.82 Å². The Balaban J connectivity index is 1.40. The third-order valence-electron chi connectivity index (χ3n) is 5.09. The van der Waals surface area contributed by atoms with E-state index in [1.54, 1.807) is 0 Å². The minimum atomic E-state index is 0.107. The molecule has 2 heterocycles. The van der Waals surface area contributed by atoms with Gasteiger partial charge in [-0.1, -0.05) is 0 Å². The van der Waals surface area contributed by atoms with Crippen molar-refractivity contribution in [3.63, 3.8) is 0 Å². The summed E-state index contributed by atoms with van der Waals surface area (Å²) in [6, 6.07) is 9.73. The summed E-state index contributed by atoms with van der Waals surface area (Å²) >= 11 is 0. The Bertz CT molecular complexity index is 795. The van der Waals surface area contributed by atoms with Gasteiger partial charge in [-0.3, -0.25) is 4.79 Å². The standard InChI is InChI=1S/C21H27N5O/c1-15-13-19(25-21(22-15)26-11-3-2-4-12-26)23-17-7-9-18(10-8-17)24-20(27)14-16-5-6-16/h7-10,13,16H,2-6,11-12,14H2,1H3,(H,24,27)(H,22,23,25). The number of piperidine rings is 1. The number of hydrogen-bond donors (Lipinski definition) is 2. The van der Waals surface area contributed by atoms with Gasteiger partial charge in [0.2, 0.25) is 11.9 Å². The highest BCUT2D eigenvalue weighted by molar-refractivity contribution is 5.91. The molecule has 27 heavy (non-hydrogen) atoms. The van der Waals surface area contributed by atoms with Gasteiger partial charge in [0, 0.05) is 42.6 Å². The van der Waals surface area contributed by atoms with E-state index < -0.39 is 0 Å². The van der Waals surface area contributed by atoms with E-state index in [1.807, 2.05) is 37.3 Å². The van der Waals surface area contributed by atoms with Gasteiger partial charge >= 0.3 is 0 Å². The van der Waals surface area contributed by atoms with E-state index in [0.29, 0.717) is 12.3 Å². The summed E-state index contributed by atoms with van der Waals surface area (Å²) in [6.07, 6.45) is 6.71. The summed E-state index contributed by atoms with van der Waals surface area (Å²) in [4.78, 5) is 23.5. The fourth-order valence-corrected chi connectivity index (χ4v) is 3.43. The maximum Gasteiger partial charge on any atom is 0.227 e. The molecule has 1 aromatic heterocycles. The zero-order valence-corrected chi connectivity index (χ0v) is 15.9. The van der Waals surface area contributed by atoms with Crippen molar-refractivity contribution in [2.75, 3.05) is 28.6 Å². The number of amides is 1. The van der Waals surface area contributed by atoms with Crippen molar-refractivity contribution in [3.05, 3.63) is 36.0 Å². The van der Waals surface area contributed by atoms with Gasteiger partial charge < -0.3 is 15.5 Å². The molecule has 1 aliphatic carbocycles. The van der Waals surface area contributed by atoms with Crippen molar-refractivity contribution >= 4 is 29.0 Å². The summed E-state index contributed by atoms with van der Waals surface area (Å²) in [5, 5.41) is 6.32. The van der Waals surface area contributed by atoms with Crippen molar-refractivity contribution < 1.29 is 4.79 Å². The number of aromatic nitrogens is 2. The first-order valence-corrected chi connectivity index (χ1v) is 9.93. The van der Waals surface area contributed by atoms with E-state index in [4.69, 9.17) is 4.98 Å². The molecule has 1 amide bonds. The Labute approximate surface area is 160 Å². The van der Waals surface area contributed by atoms with Crippen LogP contribution in [0, 0.1) is 12.8 Å². The monoisotopic (exact) mass is 365 g/mol. The Morgan fingerprint density at radius 1 is 1.07 bits per heavy atom. The summed E-state index contributed by atoms with van der Waals surface area (Å²) in [6.45, 7) is 4.05. The predicted molar refractivity (Wildman–Crippen MR) is 109 cm³/mol. The minimum Gasteiger partial charge on any atom is -0.341 e. The Hall–Kier alpha value is -2.63. The van der Waals surface area contributed by atoms with E-state index in [1.165, 1.54) is 32.1 Å². The molecule has 142 valence electrons. The highest BCUT2D eigenvalue weighted by Gasteiger charge is 2.24. The predicted octanol–water partition coefficient (Wildman–Crippen LogP) is 4.26. The van der Waals surface area contributed by atoms with Gasteiger partial charge in [-0.25, -0.2) is 4.98 Å². The van der Waals surface area contributed by atoms with Gasteiger partial charge in [0.15, 0.2) is 0 Å². The van der Waals surface area contributed by atoms with E-state index in [9.17, 15) is 4.79 Å². The lowest BCUT2D eigenvalue weighted by molar-refractivity contribution is -0.116. The first kappa shape index (κ1) is 17.8. The molecule has 6 nitrogen and oxygen atoms in total. The van der Waals surface area contributed by atoms with E-state index in [-0.39, 0.29) is 5.91 Å². The number of rotatable bonds is 6. The van der Waals surface area contributed by atoms with Crippen LogP contribution >= 0.6 is 0 Å². The zero-order valence-electron chi connectivity index (χ0n) is 15.9. The minimum absolute atomic E-state index is 0.107. The van der Waals surface area contributed by atoms with Crippen LogP contribution in [-0.4, -0.2) is 29.0 Å². The van der Waals surface area contributed by atoms with E-state index in [0.717, 1.165) is 41.9 Å². The number of carbonyl (C=O) groups excluding carboxylic acids is 1. The molecule has 0 unspecified atom stereocenters. The fraction of sp³-hybridized carbons (Fsp3) is 0.476. The van der Waals surface area contributed by atoms with E-state index in [2.05, 4.69) is 20.5 Å². The average molecular weight is 365 g/mol. The smallest absolute Gasteiger partial charge is 0.227 e. The van der Waals surface area contributed by atoms with Gasteiger partial charge in [0.05, 0.1) is 0 Å². The summed E-state index contributed by atoms with van der Waals surface area (Å²) < 4.78 is 0. The average Bonchev–Trinajstić information content (AvgIpc) is 3.47. The Morgan fingerprint density at radius 3 is 2.48 bits per heavy atom. The van der Waals surface area contributed by atoms with Crippen LogP contribution in [0.1, 0.15) is 44.2 Å². The first-order chi connectivity index (χ1) is 13.2. The molecule has 4 rings (SSSR count). The molecule has 0 bridgehead atoms. The van der Waals surface area contributed by atoms with Crippen LogP contribution in [0.25, 0.3) is 0 Å². The highest BCUT2D eigenvalue weighted by atomic mass is 16.1. The lowest BCUT2D eigenvalue weighted by Gasteiger charge is -2.27. The van der Waals surface area contributed by atoms with Crippen LogP contribution in [0.4, 0.5) is 23.1 Å². The second-order valence-electron chi connectivity index (χ2n) is 7.64. The van der Waals surface area contributed by atoms with Crippen molar-refractivity contribution in [2.24, 2.45) is 5.92 Å². The van der Waals surface area contributed by atoms with Crippen LogP contribution in [-0.2, 0) is 4.79 Å². The van der Waals surface area contributed by atoms with Gasteiger partial charge in [-0.2, -0.15) is 4.98 Å². The third-order valence-corrected chi connectivity index (χ3v) is 5.09. The maximum absolute atomic E-state index is 11.9. The third kappa shape index (κ3) is 4.96. The molecule has 2 fully saturated rings. The molecule has 1 saturated carbocycles. The molecule has 0 atom stereocenters. The van der Waals surface area contributed by atoms with Gasteiger partial charge in [0.25, 0.3) is 0 Å². The van der Waals surface area contributed by atoms with Crippen molar-refractivity contribution in [1.29, 1.82) is 0 Å². The maximum atomic E-state index is 11.9. The molecule has 0 radical (unpaired) electrons. The fourth-order valence-electron chi connectivity index (χ4n) is 3.43. The van der Waals surface area contributed by atoms with Gasteiger partial charge in [-0.15, -0.1) is 0 Å². The summed E-state index contributed by atoms with van der Waals surface area (Å²) in [5.74, 6) is 2.31. The molecule has 2 aliphatic rings. The summed E-state index contributed by atoms with van der Waals surface area (Å²) in [5.41, 5.74) is 2.73. The number of anilines is 4. The topological polar surface area (TPSA) is 70.2 Å². The number of hydrogen-bond acceptors (Lipinski definition) is 5. The zero-order chi connectivity index (χ0) is 18.6. The number of nitrogens with zero attached hydrogens (tertiary/aromatic N) is 3. The van der Waals surface area contributed by atoms with Crippen LogP contribution in [0.3, 0.4) is 0 Å². The molecule has 2 N–H and O–H groups in total. The van der Waals surface area contributed by atoms with Crippen molar-refractivity contribution in [1.82, 2.24) is 9.97 Å². The Morgan fingerprint density at radius 2 is 1.78 bits per heavy atom. The van der Waals surface area contributed by atoms with E-state index >= 15 is 0 Å². The van der Waals surface area contributed by atoms with Crippen LogP contribution in [0.5, 0.6) is 0 Å². The normalized spacial score (nSPS) is 16.9. The molecule has 1 aromatic carbocycles. The summed E-state index contributed by atoms with van der Waals surface area (Å²) in [7, 11) is 0. The second-order valence-corrected chi connectivity index (χ2v) is 7.64. The number of carbonyl (C=O) groups is 1. The SMILES string of the molecule is Cc1cc(Nc2ccc(NC(=O)CC3CC3)cc2)nc(N2CCCCC2)n1. The number of aryl methyl sites for hydroxylation is 1. The van der Waals surface area contributed by atoms with Crippen LogP contribution < -0.4 is 15.5 Å². The van der Waals surface area contributed by atoms with Crippen molar-refractivity contribution in [2.45, 2.75) is 45.4 Å². The number of benzene rings is 1. The molecular weight excluding hydrogens is 338 g/mol. The lowest BCUT2D eigenvalue weighted by Crippen LogP contribution is -2.31. The molecule has 6 heteroatoms. The van der Waals surface area contributed by atoms with Crippen LogP contribution in [0.15, 0.2) is 30.3 Å². The van der Waals surface area contributed by atoms with Crippen LogP contribution in [0.2, 0.25) is 0 Å². The largest absolute Gasteiger partial charge is 0.341 e. The van der Waals surface area contributed by atoms with Crippen molar-refractivity contribution in [3.8, 4) is 0 Å². The second kappa shape index (κ2) is 7.94. The molecule has 1 aliphatic heterocycles. The number of nitrogens with one attached hydrogen (secondary N) is 2. The molecule has 1 saturated heterocycles. The molecule has 2 aromatic rings. The lowest BCUT2D eigenvalue weighted by atomic mass is 10.1. The molecular formula is C21H27N5O. The van der Waals surface area contributed by atoms with Gasteiger partial charge in [-0.05, 0) is 69.2 Å². The Kier molecular flexibility index (Phi) is 5.23.